The van der Waals surface area contributed by atoms with Crippen LogP contribution in [-0.2, 0) is 16.0 Å². The highest BCUT2D eigenvalue weighted by atomic mass is 16.4. The number of piperidine rings is 1. The molecule has 1 saturated carbocycles. The van der Waals surface area contributed by atoms with Crippen LogP contribution in [0.3, 0.4) is 0 Å². The molecule has 6 heteroatoms. The van der Waals surface area contributed by atoms with Gasteiger partial charge in [0.15, 0.2) is 0 Å². The fraction of sp³-hybridized carbons (Fsp3) is 0.500. The Morgan fingerprint density at radius 1 is 1.40 bits per heavy atom. The highest BCUT2D eigenvalue weighted by molar-refractivity contribution is 5.88. The number of carbonyl (C=O) groups is 2. The summed E-state index contributed by atoms with van der Waals surface area (Å²) in [6.45, 7) is 0. The number of aliphatic hydroxyl groups excluding tert-OH is 1. The molecule has 1 amide bonds. The molecule has 0 radical (unpaired) electrons. The van der Waals surface area contributed by atoms with Crippen molar-refractivity contribution in [1.29, 1.82) is 0 Å². The van der Waals surface area contributed by atoms with Crippen molar-refractivity contribution in [2.75, 3.05) is 0 Å². The maximum atomic E-state index is 12.3. The second-order valence-corrected chi connectivity index (χ2v) is 5.44. The number of carboxylic acid groups (broad SMARTS) is 1. The summed E-state index contributed by atoms with van der Waals surface area (Å²) in [5, 5.41) is 19.2. The molecule has 1 aliphatic carbocycles. The van der Waals surface area contributed by atoms with Gasteiger partial charge in [0.2, 0.25) is 0 Å². The molecular formula is C14H16N2O4. The number of hydrogen-bond donors (Lipinski definition) is 2. The molecule has 2 fully saturated rings. The van der Waals surface area contributed by atoms with Crippen molar-refractivity contribution >= 4 is 11.9 Å². The van der Waals surface area contributed by atoms with Gasteiger partial charge in [0.25, 0.3) is 5.91 Å². The maximum Gasteiger partial charge on any atom is 0.326 e. The molecule has 0 bridgehead atoms. The molecule has 2 aliphatic rings. The molecule has 106 valence electrons. The number of aromatic nitrogens is 1. The van der Waals surface area contributed by atoms with Gasteiger partial charge in [-0.15, -0.1) is 0 Å². The van der Waals surface area contributed by atoms with E-state index in [1.165, 1.54) is 4.90 Å². The fourth-order valence-corrected chi connectivity index (χ4v) is 2.97. The Labute approximate surface area is 116 Å². The van der Waals surface area contributed by atoms with Crippen LogP contribution in [0.15, 0.2) is 24.4 Å². The van der Waals surface area contributed by atoms with Crippen LogP contribution in [-0.4, -0.2) is 50.2 Å². The zero-order chi connectivity index (χ0) is 14.3. The van der Waals surface area contributed by atoms with Gasteiger partial charge >= 0.3 is 5.97 Å². The van der Waals surface area contributed by atoms with E-state index in [1.54, 1.807) is 24.4 Å². The summed E-state index contributed by atoms with van der Waals surface area (Å²) in [6.07, 6.45) is 1.83. The van der Waals surface area contributed by atoms with Crippen LogP contribution in [0.2, 0.25) is 0 Å². The Kier molecular flexibility index (Phi) is 3.17. The van der Waals surface area contributed by atoms with Crippen molar-refractivity contribution < 1.29 is 19.8 Å². The summed E-state index contributed by atoms with van der Waals surface area (Å²) in [6, 6.07) is 4.49. The van der Waals surface area contributed by atoms with E-state index in [0.717, 1.165) is 6.42 Å². The summed E-state index contributed by atoms with van der Waals surface area (Å²) in [5.41, 5.74) is 0.617. The molecule has 4 atom stereocenters. The average Bonchev–Trinajstić information content (AvgIpc) is 3.10. The van der Waals surface area contributed by atoms with Gasteiger partial charge in [0.1, 0.15) is 12.1 Å². The third-order valence-corrected chi connectivity index (χ3v) is 4.06. The van der Waals surface area contributed by atoms with E-state index < -0.39 is 24.0 Å². The summed E-state index contributed by atoms with van der Waals surface area (Å²) in [4.78, 5) is 28.9. The summed E-state index contributed by atoms with van der Waals surface area (Å²) in [5.74, 6) is -1.19. The normalized spacial score (nSPS) is 28.9. The van der Waals surface area contributed by atoms with E-state index in [0.29, 0.717) is 18.0 Å². The first kappa shape index (κ1) is 13.1. The topological polar surface area (TPSA) is 90.7 Å². The maximum absolute atomic E-state index is 12.3. The number of amides is 1. The van der Waals surface area contributed by atoms with E-state index in [4.69, 9.17) is 5.11 Å². The molecule has 3 rings (SSSR count). The summed E-state index contributed by atoms with van der Waals surface area (Å²) in [7, 11) is 0. The van der Waals surface area contributed by atoms with Crippen LogP contribution in [0.4, 0.5) is 0 Å². The first-order chi connectivity index (χ1) is 9.58. The first-order valence-corrected chi connectivity index (χ1v) is 6.71. The number of nitrogens with zero attached hydrogens (tertiary/aromatic N) is 2. The zero-order valence-electron chi connectivity index (χ0n) is 10.8. The molecule has 1 aliphatic heterocycles. The smallest absolute Gasteiger partial charge is 0.326 e. The van der Waals surface area contributed by atoms with E-state index in [9.17, 15) is 14.7 Å². The lowest BCUT2D eigenvalue weighted by Crippen LogP contribution is -2.48. The molecule has 1 aromatic rings. The van der Waals surface area contributed by atoms with Gasteiger partial charge in [-0.1, -0.05) is 6.07 Å². The highest BCUT2D eigenvalue weighted by Gasteiger charge is 2.56. The quantitative estimate of drug-likeness (QED) is 0.811. The lowest BCUT2D eigenvalue weighted by atomic mass is 10.1. The molecular weight excluding hydrogens is 260 g/mol. The van der Waals surface area contributed by atoms with Crippen molar-refractivity contribution in [3.05, 3.63) is 30.1 Å². The Morgan fingerprint density at radius 3 is 2.85 bits per heavy atom. The molecule has 2 N–H and O–H groups in total. The van der Waals surface area contributed by atoms with Crippen molar-refractivity contribution in [3.63, 3.8) is 0 Å². The lowest BCUT2D eigenvalue weighted by Gasteiger charge is -2.26. The largest absolute Gasteiger partial charge is 0.480 e. The average molecular weight is 276 g/mol. The van der Waals surface area contributed by atoms with Crippen molar-refractivity contribution in [1.82, 2.24) is 9.88 Å². The highest BCUT2D eigenvalue weighted by Crippen LogP contribution is 2.48. The molecule has 0 unspecified atom stereocenters. The van der Waals surface area contributed by atoms with Gasteiger partial charge in [0, 0.05) is 24.4 Å². The van der Waals surface area contributed by atoms with Crippen molar-refractivity contribution in [3.8, 4) is 0 Å². The SMILES string of the molecule is O=C(O)[C@@H]1C[C@@H]2C[C@@H]2N1C(=O)[C@H](O)Cc1ccccn1. The summed E-state index contributed by atoms with van der Waals surface area (Å²) < 4.78 is 0. The number of pyridine rings is 1. The van der Waals surface area contributed by atoms with Gasteiger partial charge in [-0.2, -0.15) is 0 Å². The fourth-order valence-electron chi connectivity index (χ4n) is 2.97. The number of aliphatic carboxylic acids is 1. The Bertz CT molecular complexity index is 533. The number of hydrogen-bond acceptors (Lipinski definition) is 4. The van der Waals surface area contributed by atoms with Gasteiger partial charge in [0.05, 0.1) is 0 Å². The number of aliphatic hydroxyl groups is 1. The zero-order valence-corrected chi connectivity index (χ0v) is 10.8. The number of likely N-dealkylation sites (tertiary alicyclic amines) is 1. The third kappa shape index (κ3) is 2.27. The van der Waals surface area contributed by atoms with Crippen LogP contribution in [0.5, 0.6) is 0 Å². The second kappa shape index (κ2) is 4.86. The van der Waals surface area contributed by atoms with E-state index >= 15 is 0 Å². The van der Waals surface area contributed by atoms with Gasteiger partial charge in [-0.25, -0.2) is 4.79 Å². The van der Waals surface area contributed by atoms with Crippen molar-refractivity contribution in [2.45, 2.75) is 37.5 Å². The minimum atomic E-state index is -1.23. The molecule has 20 heavy (non-hydrogen) atoms. The summed E-state index contributed by atoms with van der Waals surface area (Å²) >= 11 is 0. The predicted octanol–water partition coefficient (Wildman–Crippen LogP) is 0.0590. The van der Waals surface area contributed by atoms with Crippen LogP contribution >= 0.6 is 0 Å². The Morgan fingerprint density at radius 2 is 2.20 bits per heavy atom. The number of carboxylic acids is 1. The van der Waals surface area contributed by atoms with Crippen LogP contribution in [0.25, 0.3) is 0 Å². The number of carbonyl (C=O) groups excluding carboxylic acids is 1. The molecule has 1 saturated heterocycles. The van der Waals surface area contributed by atoms with Gasteiger partial charge in [-0.3, -0.25) is 9.78 Å². The van der Waals surface area contributed by atoms with Gasteiger partial charge < -0.3 is 15.1 Å². The molecule has 0 aromatic carbocycles. The molecule has 2 heterocycles. The number of rotatable bonds is 4. The molecule has 1 aromatic heterocycles. The second-order valence-electron chi connectivity index (χ2n) is 5.44. The minimum Gasteiger partial charge on any atom is -0.480 e. The minimum absolute atomic E-state index is 0.00184. The van der Waals surface area contributed by atoms with Crippen LogP contribution < -0.4 is 0 Å². The van der Waals surface area contributed by atoms with E-state index in [1.807, 2.05) is 0 Å². The Balaban J connectivity index is 1.70. The third-order valence-electron chi connectivity index (χ3n) is 4.06. The Hall–Kier alpha value is -1.95. The van der Waals surface area contributed by atoms with E-state index in [-0.39, 0.29) is 12.5 Å². The standard InChI is InChI=1S/C14H16N2O4/c17-12(7-9-3-1-2-4-15-9)13(18)16-10-5-8(10)6-11(16)14(19)20/h1-4,8,10-12,17H,5-7H2,(H,19,20)/t8-,10-,11-,12+/m0/s1. The van der Waals surface area contributed by atoms with E-state index in [2.05, 4.69) is 4.98 Å². The first-order valence-electron chi connectivity index (χ1n) is 6.71. The van der Waals surface area contributed by atoms with Gasteiger partial charge in [-0.05, 0) is 30.9 Å². The number of fused-ring (bicyclic) bond motifs is 1. The predicted molar refractivity (Wildman–Crippen MR) is 68.7 cm³/mol. The van der Waals surface area contributed by atoms with Crippen molar-refractivity contribution in [2.24, 2.45) is 5.92 Å². The monoisotopic (exact) mass is 276 g/mol. The van der Waals surface area contributed by atoms with Crippen LogP contribution in [0, 0.1) is 5.92 Å². The molecule has 6 nitrogen and oxygen atoms in total. The lowest BCUT2D eigenvalue weighted by molar-refractivity contribution is -0.153. The molecule has 0 spiro atoms. The van der Waals surface area contributed by atoms with Crippen LogP contribution in [0.1, 0.15) is 18.5 Å².